The van der Waals surface area contributed by atoms with Crippen molar-refractivity contribution in [2.24, 2.45) is 0 Å². The minimum atomic E-state index is -3.99. The van der Waals surface area contributed by atoms with E-state index in [-0.39, 0.29) is 18.7 Å². The second kappa shape index (κ2) is 10.1. The smallest absolute Gasteiger partial charge is 0.265 e. The number of likely N-dealkylation sites (N-methyl/N-ethyl adjacent to an activating group) is 1. The summed E-state index contributed by atoms with van der Waals surface area (Å²) in [5, 5.41) is 22.7. The molecule has 1 aliphatic heterocycles. The molecule has 0 aromatic carbocycles. The summed E-state index contributed by atoms with van der Waals surface area (Å²) in [5.74, 6) is -0.835. The van der Waals surface area contributed by atoms with Gasteiger partial charge in [0.15, 0.2) is 12.4 Å². The number of amides is 1. The van der Waals surface area contributed by atoms with Gasteiger partial charge >= 0.3 is 0 Å². The van der Waals surface area contributed by atoms with Gasteiger partial charge in [-0.1, -0.05) is 0 Å². The Morgan fingerprint density at radius 2 is 1.78 bits per heavy atom. The van der Waals surface area contributed by atoms with Crippen LogP contribution < -0.4 is 5.32 Å². The van der Waals surface area contributed by atoms with Gasteiger partial charge in [-0.2, -0.15) is 8.42 Å². The lowest BCUT2D eigenvalue weighted by Crippen LogP contribution is -2.62. The van der Waals surface area contributed by atoms with Crippen LogP contribution in [-0.2, 0) is 29.1 Å². The molecule has 12 heteroatoms. The maximum atomic E-state index is 12.4. The van der Waals surface area contributed by atoms with Crippen LogP contribution in [-0.4, -0.2) is 118 Å². The Bertz CT molecular complexity index is 584. The van der Waals surface area contributed by atoms with Gasteiger partial charge in [0.1, 0.15) is 18.3 Å². The molecule has 0 aliphatic carbocycles. The van der Waals surface area contributed by atoms with Gasteiger partial charge in [0, 0.05) is 20.6 Å². The van der Waals surface area contributed by atoms with Crippen LogP contribution in [0.2, 0.25) is 0 Å². The van der Waals surface area contributed by atoms with E-state index in [1.165, 1.54) is 14.2 Å². The second-order valence-corrected chi connectivity index (χ2v) is 8.73. The van der Waals surface area contributed by atoms with Crippen molar-refractivity contribution in [3.8, 4) is 0 Å². The van der Waals surface area contributed by atoms with Gasteiger partial charge in [0.2, 0.25) is 0 Å². The Morgan fingerprint density at radius 3 is 2.30 bits per heavy atom. The number of hydrogen-bond donors (Lipinski definition) is 4. The summed E-state index contributed by atoms with van der Waals surface area (Å²) in [4.78, 5) is 12.4. The Morgan fingerprint density at radius 1 is 1.15 bits per heavy atom. The molecule has 1 rings (SSSR count). The summed E-state index contributed by atoms with van der Waals surface area (Å²) in [5.41, 5.74) is 0. The van der Waals surface area contributed by atoms with E-state index in [1.807, 2.05) is 14.1 Å². The molecule has 2 unspecified atom stereocenters. The minimum absolute atomic E-state index is 0.268. The zero-order valence-corrected chi connectivity index (χ0v) is 16.9. The van der Waals surface area contributed by atoms with Crippen LogP contribution in [0.1, 0.15) is 6.42 Å². The molecule has 0 aromatic rings. The first kappa shape index (κ1) is 24.2. The quantitative estimate of drug-likeness (QED) is 0.225. The Kier molecular flexibility index (Phi) is 9.02. The van der Waals surface area contributed by atoms with E-state index in [2.05, 4.69) is 5.32 Å². The Balaban J connectivity index is 2.54. The van der Waals surface area contributed by atoms with Crippen molar-refractivity contribution < 1.29 is 46.7 Å². The van der Waals surface area contributed by atoms with E-state index < -0.39 is 46.7 Å². The first-order valence-corrected chi connectivity index (χ1v) is 10.1. The van der Waals surface area contributed by atoms with E-state index >= 15 is 0 Å². The van der Waals surface area contributed by atoms with E-state index in [1.54, 1.807) is 0 Å². The van der Waals surface area contributed by atoms with Crippen LogP contribution in [0.25, 0.3) is 0 Å². The number of carbonyl (C=O) groups is 1. The number of aliphatic hydroxyl groups excluding tert-OH is 2. The van der Waals surface area contributed by atoms with Gasteiger partial charge in [0.25, 0.3) is 16.0 Å². The van der Waals surface area contributed by atoms with Crippen molar-refractivity contribution >= 4 is 16.0 Å². The van der Waals surface area contributed by atoms with Gasteiger partial charge in [-0.15, -0.1) is 0 Å². The fourth-order valence-corrected chi connectivity index (χ4v) is 3.37. The standard InChI is InChI=1S/C15H30N2O9S/c1-17(2,7-5-9-27(21,22)23)8-6-16-14(20)13-12(24-3)10(18)11(19)15(25-4)26-13/h10-13,15,18-19H,5-9H2,1-4H3,(H-,16,20,21,22,23)/p+1/t10-,11-,12+,13?,15?/m1/s1. The van der Waals surface area contributed by atoms with Crippen molar-refractivity contribution in [2.75, 3.05) is 53.7 Å². The SMILES string of the molecule is COC1OC(C(=O)NCC[N+](C)(C)CCCS(=O)(=O)O)[C@@H](OC)[C@H](O)[C@H]1O. The second-order valence-electron chi connectivity index (χ2n) is 7.16. The first-order chi connectivity index (χ1) is 12.4. The van der Waals surface area contributed by atoms with Gasteiger partial charge in [-0.25, -0.2) is 0 Å². The number of methoxy groups -OCH3 is 2. The third-order valence-corrected chi connectivity index (χ3v) is 5.29. The van der Waals surface area contributed by atoms with Crippen molar-refractivity contribution in [3.63, 3.8) is 0 Å². The topological polar surface area (TPSA) is 152 Å². The molecule has 0 bridgehead atoms. The average Bonchev–Trinajstić information content (AvgIpc) is 2.55. The Labute approximate surface area is 159 Å². The fourth-order valence-electron chi connectivity index (χ4n) is 2.87. The van der Waals surface area contributed by atoms with Crippen molar-refractivity contribution in [3.05, 3.63) is 0 Å². The number of nitrogens with one attached hydrogen (secondary N) is 1. The zero-order chi connectivity index (χ0) is 20.8. The highest BCUT2D eigenvalue weighted by molar-refractivity contribution is 7.85. The van der Waals surface area contributed by atoms with Crippen LogP contribution in [0.15, 0.2) is 0 Å². The summed E-state index contributed by atoms with van der Waals surface area (Å²) in [7, 11) is 2.33. The summed E-state index contributed by atoms with van der Waals surface area (Å²) >= 11 is 0. The molecule has 1 saturated heterocycles. The molecule has 0 spiro atoms. The number of ether oxygens (including phenoxy) is 3. The molecule has 160 valence electrons. The van der Waals surface area contributed by atoms with Crippen molar-refractivity contribution in [1.29, 1.82) is 0 Å². The van der Waals surface area contributed by atoms with Crippen molar-refractivity contribution in [2.45, 2.75) is 37.1 Å². The third kappa shape index (κ3) is 7.58. The lowest BCUT2D eigenvalue weighted by Gasteiger charge is -2.40. The number of carbonyl (C=O) groups excluding carboxylic acids is 1. The minimum Gasteiger partial charge on any atom is -0.387 e. The lowest BCUT2D eigenvalue weighted by atomic mass is 9.98. The molecule has 0 radical (unpaired) electrons. The largest absolute Gasteiger partial charge is 0.387 e. The molecule has 1 fully saturated rings. The number of aliphatic hydroxyl groups is 2. The average molecular weight is 415 g/mol. The van der Waals surface area contributed by atoms with E-state index in [4.69, 9.17) is 18.8 Å². The third-order valence-electron chi connectivity index (χ3n) is 4.49. The normalized spacial score (nSPS) is 29.5. The number of hydrogen-bond acceptors (Lipinski definition) is 8. The van der Waals surface area contributed by atoms with Crippen LogP contribution in [0.3, 0.4) is 0 Å². The zero-order valence-electron chi connectivity index (χ0n) is 16.1. The van der Waals surface area contributed by atoms with E-state index in [0.717, 1.165) is 0 Å². The molecule has 5 atom stereocenters. The summed E-state index contributed by atoms with van der Waals surface area (Å²) in [6.45, 7) is 1.26. The maximum Gasteiger partial charge on any atom is 0.265 e. The highest BCUT2D eigenvalue weighted by Crippen LogP contribution is 2.23. The van der Waals surface area contributed by atoms with Crippen molar-refractivity contribution in [1.82, 2.24) is 5.32 Å². The highest BCUT2D eigenvalue weighted by Gasteiger charge is 2.48. The Hall–Kier alpha value is -0.860. The molecular weight excluding hydrogens is 384 g/mol. The molecule has 0 saturated carbocycles. The predicted molar refractivity (Wildman–Crippen MR) is 94.4 cm³/mol. The molecule has 27 heavy (non-hydrogen) atoms. The van der Waals surface area contributed by atoms with Gasteiger partial charge in [-0.3, -0.25) is 9.35 Å². The van der Waals surface area contributed by atoms with Gasteiger partial charge in [-0.05, 0) is 0 Å². The highest BCUT2D eigenvalue weighted by atomic mass is 32.2. The monoisotopic (exact) mass is 415 g/mol. The molecule has 4 N–H and O–H groups in total. The summed E-state index contributed by atoms with van der Waals surface area (Å²) in [6.07, 6.45) is -5.77. The van der Waals surface area contributed by atoms with E-state index in [0.29, 0.717) is 17.6 Å². The van der Waals surface area contributed by atoms with Crippen LogP contribution in [0.4, 0.5) is 0 Å². The molecule has 1 heterocycles. The fraction of sp³-hybridized carbons (Fsp3) is 0.933. The van der Waals surface area contributed by atoms with Crippen LogP contribution in [0.5, 0.6) is 0 Å². The summed E-state index contributed by atoms with van der Waals surface area (Å²) in [6, 6.07) is 0. The first-order valence-electron chi connectivity index (χ1n) is 8.54. The van der Waals surface area contributed by atoms with Crippen LogP contribution in [0, 0.1) is 0 Å². The number of rotatable bonds is 10. The number of nitrogens with zero attached hydrogens (tertiary/aromatic N) is 1. The lowest BCUT2D eigenvalue weighted by molar-refractivity contribution is -0.889. The van der Waals surface area contributed by atoms with Gasteiger partial charge in [0.05, 0.1) is 39.5 Å². The molecule has 1 aliphatic rings. The van der Waals surface area contributed by atoms with Gasteiger partial charge < -0.3 is 34.2 Å². The molecular formula is C15H31N2O9S+. The maximum absolute atomic E-state index is 12.4. The molecule has 0 aromatic heterocycles. The van der Waals surface area contributed by atoms with E-state index in [9.17, 15) is 23.4 Å². The predicted octanol–water partition coefficient (Wildman–Crippen LogP) is -2.43. The summed E-state index contributed by atoms with van der Waals surface area (Å²) < 4.78 is 46.2. The number of quaternary nitrogens is 1. The van der Waals surface area contributed by atoms with Crippen LogP contribution >= 0.6 is 0 Å². The molecule has 1 amide bonds. The molecule has 11 nitrogen and oxygen atoms in total.